The molecule has 2 rings (SSSR count). The molecule has 0 saturated heterocycles. The van der Waals surface area contributed by atoms with Crippen molar-refractivity contribution in [3.8, 4) is 0 Å². The molecule has 2 aromatic rings. The molecule has 0 spiro atoms. The van der Waals surface area contributed by atoms with Crippen molar-refractivity contribution in [2.75, 3.05) is 11.9 Å². The first-order valence-corrected chi connectivity index (χ1v) is 5.83. The Hall–Kier alpha value is -2.62. The van der Waals surface area contributed by atoms with Crippen LogP contribution in [-0.2, 0) is 9.53 Å². The first-order chi connectivity index (χ1) is 9.31. The van der Waals surface area contributed by atoms with Gasteiger partial charge in [0.2, 0.25) is 0 Å². The van der Waals surface area contributed by atoms with Crippen molar-refractivity contribution in [3.63, 3.8) is 0 Å². The molecule has 0 unspecified atom stereocenters. The second kappa shape index (κ2) is 6.35. The number of hydrogen-bond donors (Lipinski definition) is 1. The molecule has 0 fully saturated rings. The van der Waals surface area contributed by atoms with Crippen LogP contribution in [0.25, 0.3) is 0 Å². The van der Waals surface area contributed by atoms with Gasteiger partial charge < -0.3 is 10.1 Å². The monoisotopic (exact) mass is 255 g/mol. The van der Waals surface area contributed by atoms with Gasteiger partial charge in [0.25, 0.3) is 0 Å². The number of benzene rings is 2. The fourth-order valence-corrected chi connectivity index (χ4v) is 1.63. The first-order valence-electron chi connectivity index (χ1n) is 5.83. The van der Waals surface area contributed by atoms with E-state index in [0.29, 0.717) is 17.5 Å². The summed E-state index contributed by atoms with van der Waals surface area (Å²) in [5.74, 6) is -0.522. The summed E-state index contributed by atoms with van der Waals surface area (Å²) in [7, 11) is 0. The molecule has 1 N–H and O–H groups in total. The zero-order chi connectivity index (χ0) is 13.5. The van der Waals surface area contributed by atoms with Gasteiger partial charge in [0.05, 0.1) is 11.3 Å². The van der Waals surface area contributed by atoms with Crippen LogP contribution >= 0.6 is 0 Å². The number of carbonyl (C=O) groups is 2. The third-order valence-corrected chi connectivity index (χ3v) is 2.48. The van der Waals surface area contributed by atoms with Crippen molar-refractivity contribution in [2.24, 2.45) is 0 Å². The summed E-state index contributed by atoms with van der Waals surface area (Å²) in [6, 6.07) is 16.5. The summed E-state index contributed by atoms with van der Waals surface area (Å²) in [4.78, 5) is 22.0. The van der Waals surface area contributed by atoms with Crippen LogP contribution < -0.4 is 5.32 Å². The highest BCUT2D eigenvalue weighted by Crippen LogP contribution is 2.21. The summed E-state index contributed by atoms with van der Waals surface area (Å²) < 4.78 is 4.81. The van der Waals surface area contributed by atoms with E-state index in [1.54, 1.807) is 18.2 Å². The SMILES string of the molecule is O=CCOC(=O)c1ccccc1Nc1ccccc1. The fourth-order valence-electron chi connectivity index (χ4n) is 1.63. The maximum Gasteiger partial charge on any atom is 0.340 e. The van der Waals surface area contributed by atoms with E-state index in [1.807, 2.05) is 36.4 Å². The maximum atomic E-state index is 11.8. The Kier molecular flexibility index (Phi) is 4.29. The van der Waals surface area contributed by atoms with Gasteiger partial charge in [-0.25, -0.2) is 4.79 Å². The number of rotatable bonds is 5. The van der Waals surface area contributed by atoms with E-state index in [4.69, 9.17) is 4.74 Å². The predicted octanol–water partition coefficient (Wildman–Crippen LogP) is 2.79. The van der Waals surface area contributed by atoms with Crippen molar-refractivity contribution in [3.05, 3.63) is 60.2 Å². The second-order valence-corrected chi connectivity index (χ2v) is 3.80. The highest BCUT2D eigenvalue weighted by atomic mass is 16.5. The Morgan fingerprint density at radius 3 is 2.47 bits per heavy atom. The van der Waals surface area contributed by atoms with E-state index in [1.165, 1.54) is 0 Å². The van der Waals surface area contributed by atoms with E-state index < -0.39 is 5.97 Å². The maximum absolute atomic E-state index is 11.8. The lowest BCUT2D eigenvalue weighted by molar-refractivity contribution is -0.110. The van der Waals surface area contributed by atoms with Gasteiger partial charge in [-0.3, -0.25) is 4.79 Å². The number of para-hydroxylation sites is 2. The smallest absolute Gasteiger partial charge is 0.340 e. The van der Waals surface area contributed by atoms with Crippen molar-refractivity contribution in [1.82, 2.24) is 0 Å². The van der Waals surface area contributed by atoms with Crippen LogP contribution in [0.2, 0.25) is 0 Å². The van der Waals surface area contributed by atoms with E-state index in [2.05, 4.69) is 5.32 Å². The summed E-state index contributed by atoms with van der Waals surface area (Å²) in [6.07, 6.45) is 0.547. The summed E-state index contributed by atoms with van der Waals surface area (Å²) in [6.45, 7) is -0.238. The molecule has 4 heteroatoms. The van der Waals surface area contributed by atoms with Crippen LogP contribution in [0.3, 0.4) is 0 Å². The molecular weight excluding hydrogens is 242 g/mol. The molecule has 0 amide bonds. The third-order valence-electron chi connectivity index (χ3n) is 2.48. The molecule has 0 bridgehead atoms. The second-order valence-electron chi connectivity index (χ2n) is 3.80. The summed E-state index contributed by atoms with van der Waals surface area (Å²) in [5.41, 5.74) is 1.91. The Labute approximate surface area is 111 Å². The van der Waals surface area contributed by atoms with E-state index in [-0.39, 0.29) is 6.61 Å². The Morgan fingerprint density at radius 2 is 1.74 bits per heavy atom. The Balaban J connectivity index is 2.21. The van der Waals surface area contributed by atoms with Crippen LogP contribution in [0.4, 0.5) is 11.4 Å². The van der Waals surface area contributed by atoms with Gasteiger partial charge in [-0.15, -0.1) is 0 Å². The van der Waals surface area contributed by atoms with Gasteiger partial charge in [-0.05, 0) is 24.3 Å². The van der Waals surface area contributed by atoms with Crippen molar-refractivity contribution < 1.29 is 14.3 Å². The average Bonchev–Trinajstić information content (AvgIpc) is 2.46. The topological polar surface area (TPSA) is 55.4 Å². The highest BCUT2D eigenvalue weighted by Gasteiger charge is 2.12. The number of hydrogen-bond acceptors (Lipinski definition) is 4. The van der Waals surface area contributed by atoms with Crippen molar-refractivity contribution >= 4 is 23.6 Å². The quantitative estimate of drug-likeness (QED) is 0.659. The minimum atomic E-state index is -0.522. The summed E-state index contributed by atoms with van der Waals surface area (Å²) in [5, 5.41) is 3.14. The number of nitrogens with one attached hydrogen (secondary N) is 1. The lowest BCUT2D eigenvalue weighted by Gasteiger charge is -2.10. The molecular formula is C15H13NO3. The van der Waals surface area contributed by atoms with Gasteiger partial charge in [0, 0.05) is 5.69 Å². The molecule has 0 aromatic heterocycles. The molecule has 19 heavy (non-hydrogen) atoms. The van der Waals surface area contributed by atoms with E-state index in [0.717, 1.165) is 5.69 Å². The average molecular weight is 255 g/mol. The van der Waals surface area contributed by atoms with Crippen LogP contribution in [0.1, 0.15) is 10.4 Å². The first kappa shape index (κ1) is 12.8. The zero-order valence-electron chi connectivity index (χ0n) is 10.2. The molecule has 0 aliphatic carbocycles. The van der Waals surface area contributed by atoms with Crippen LogP contribution in [0, 0.1) is 0 Å². The number of ether oxygens (including phenoxy) is 1. The number of carbonyl (C=O) groups excluding carboxylic acids is 2. The molecule has 0 aliphatic rings. The van der Waals surface area contributed by atoms with Crippen LogP contribution in [0.15, 0.2) is 54.6 Å². The van der Waals surface area contributed by atoms with Gasteiger partial charge in [-0.2, -0.15) is 0 Å². The molecule has 0 saturated carbocycles. The van der Waals surface area contributed by atoms with Gasteiger partial charge >= 0.3 is 5.97 Å². The van der Waals surface area contributed by atoms with E-state index >= 15 is 0 Å². The van der Waals surface area contributed by atoms with Crippen LogP contribution in [-0.4, -0.2) is 18.9 Å². The van der Waals surface area contributed by atoms with Crippen molar-refractivity contribution in [1.29, 1.82) is 0 Å². The minimum Gasteiger partial charge on any atom is -0.454 e. The normalized spacial score (nSPS) is 9.68. The zero-order valence-corrected chi connectivity index (χ0v) is 10.2. The third kappa shape index (κ3) is 3.42. The van der Waals surface area contributed by atoms with E-state index in [9.17, 15) is 9.59 Å². The van der Waals surface area contributed by atoms with Crippen molar-refractivity contribution in [2.45, 2.75) is 0 Å². The standard InChI is InChI=1S/C15H13NO3/c17-10-11-19-15(18)13-8-4-5-9-14(13)16-12-6-2-1-3-7-12/h1-10,16H,11H2. The fraction of sp³-hybridized carbons (Fsp3) is 0.0667. The lowest BCUT2D eigenvalue weighted by atomic mass is 10.1. The Bertz CT molecular complexity index is 567. The number of aldehydes is 1. The summed E-state index contributed by atoms with van der Waals surface area (Å²) >= 11 is 0. The minimum absolute atomic E-state index is 0.238. The molecule has 0 radical (unpaired) electrons. The number of anilines is 2. The van der Waals surface area contributed by atoms with Gasteiger partial charge in [0.1, 0.15) is 6.61 Å². The molecule has 0 atom stereocenters. The Morgan fingerprint density at radius 1 is 1.05 bits per heavy atom. The van der Waals surface area contributed by atoms with Gasteiger partial charge in [0.15, 0.2) is 6.29 Å². The van der Waals surface area contributed by atoms with Gasteiger partial charge in [-0.1, -0.05) is 30.3 Å². The predicted molar refractivity (Wildman–Crippen MR) is 72.5 cm³/mol. The molecule has 96 valence electrons. The lowest BCUT2D eigenvalue weighted by Crippen LogP contribution is -2.09. The highest BCUT2D eigenvalue weighted by molar-refractivity contribution is 5.96. The number of esters is 1. The molecule has 4 nitrogen and oxygen atoms in total. The molecule has 0 aliphatic heterocycles. The van der Waals surface area contributed by atoms with Crippen LogP contribution in [0.5, 0.6) is 0 Å². The molecule has 0 heterocycles. The largest absolute Gasteiger partial charge is 0.454 e. The molecule has 2 aromatic carbocycles.